The van der Waals surface area contributed by atoms with Gasteiger partial charge >= 0.3 is 0 Å². The fourth-order valence-corrected chi connectivity index (χ4v) is 5.82. The van der Waals surface area contributed by atoms with Crippen molar-refractivity contribution in [2.75, 3.05) is 17.1 Å². The van der Waals surface area contributed by atoms with Crippen LogP contribution in [0.4, 0.5) is 5.69 Å². The van der Waals surface area contributed by atoms with Gasteiger partial charge in [-0.05, 0) is 75.8 Å². The number of hydrogen-bond acceptors (Lipinski definition) is 4. The standard InChI is InChI=1S/C29H41N3O4S/c1-21-10-8-11-25(18-21)20-31(24(4)29(34)30-26-12-6-7-13-26)28(33)14-9-17-32(37(5,35)36)27-16-15-22(2)23(3)19-27/h8,10-11,15-16,18-19,24,26H,6-7,9,12-14,17,20H2,1-5H3,(H,30,34)/t24-/m1/s1. The average molecular weight is 528 g/mol. The summed E-state index contributed by atoms with van der Waals surface area (Å²) in [5, 5.41) is 3.12. The quantitative estimate of drug-likeness (QED) is 0.461. The zero-order chi connectivity index (χ0) is 27.2. The molecule has 0 saturated heterocycles. The van der Waals surface area contributed by atoms with Gasteiger partial charge in [0.1, 0.15) is 6.04 Å². The lowest BCUT2D eigenvalue weighted by atomic mass is 10.1. The monoisotopic (exact) mass is 527 g/mol. The molecule has 0 spiro atoms. The summed E-state index contributed by atoms with van der Waals surface area (Å²) < 4.78 is 26.5. The molecule has 0 bridgehead atoms. The summed E-state index contributed by atoms with van der Waals surface area (Å²) in [6, 6.07) is 13.0. The Bertz CT molecular complexity index is 1210. The SMILES string of the molecule is Cc1cccc(CN(C(=O)CCCN(c2ccc(C)c(C)c2)S(C)(=O)=O)[C@H](C)C(=O)NC2CCCC2)c1. The molecular weight excluding hydrogens is 486 g/mol. The zero-order valence-electron chi connectivity index (χ0n) is 22.8. The molecule has 1 N–H and O–H groups in total. The number of nitrogens with zero attached hydrogens (tertiary/aromatic N) is 2. The molecule has 37 heavy (non-hydrogen) atoms. The van der Waals surface area contributed by atoms with Crippen LogP contribution in [0.15, 0.2) is 42.5 Å². The maximum atomic E-state index is 13.5. The van der Waals surface area contributed by atoms with E-state index < -0.39 is 16.1 Å². The number of anilines is 1. The van der Waals surface area contributed by atoms with E-state index >= 15 is 0 Å². The van der Waals surface area contributed by atoms with Gasteiger partial charge in [0.05, 0.1) is 11.9 Å². The highest BCUT2D eigenvalue weighted by molar-refractivity contribution is 7.92. The van der Waals surface area contributed by atoms with Crippen LogP contribution in [0.5, 0.6) is 0 Å². The highest BCUT2D eigenvalue weighted by atomic mass is 32.2. The van der Waals surface area contributed by atoms with Crippen molar-refractivity contribution in [1.82, 2.24) is 10.2 Å². The molecule has 202 valence electrons. The molecule has 0 aromatic heterocycles. The van der Waals surface area contributed by atoms with E-state index in [4.69, 9.17) is 0 Å². The van der Waals surface area contributed by atoms with Crippen molar-refractivity contribution in [3.05, 3.63) is 64.7 Å². The second kappa shape index (κ2) is 12.6. The molecule has 1 atom stereocenters. The highest BCUT2D eigenvalue weighted by Crippen LogP contribution is 2.23. The van der Waals surface area contributed by atoms with Gasteiger partial charge in [-0.1, -0.05) is 48.7 Å². The summed E-state index contributed by atoms with van der Waals surface area (Å²) >= 11 is 0. The van der Waals surface area contributed by atoms with E-state index in [-0.39, 0.29) is 30.8 Å². The van der Waals surface area contributed by atoms with Crippen LogP contribution >= 0.6 is 0 Å². The minimum Gasteiger partial charge on any atom is -0.352 e. The van der Waals surface area contributed by atoms with E-state index in [1.165, 1.54) is 10.6 Å². The Kier molecular flexibility index (Phi) is 9.76. The van der Waals surface area contributed by atoms with Gasteiger partial charge in [0.2, 0.25) is 21.8 Å². The van der Waals surface area contributed by atoms with E-state index in [0.717, 1.165) is 47.9 Å². The summed E-state index contributed by atoms with van der Waals surface area (Å²) in [4.78, 5) is 28.2. The fraction of sp³-hybridized carbons (Fsp3) is 0.517. The van der Waals surface area contributed by atoms with Crippen molar-refractivity contribution in [2.24, 2.45) is 0 Å². The van der Waals surface area contributed by atoms with E-state index in [1.54, 1.807) is 17.9 Å². The van der Waals surface area contributed by atoms with Crippen LogP contribution in [0.3, 0.4) is 0 Å². The Balaban J connectivity index is 1.73. The minimum absolute atomic E-state index is 0.138. The molecule has 1 saturated carbocycles. The predicted molar refractivity (Wildman–Crippen MR) is 149 cm³/mol. The molecule has 7 nitrogen and oxygen atoms in total. The van der Waals surface area contributed by atoms with E-state index in [0.29, 0.717) is 18.7 Å². The molecule has 1 fully saturated rings. The van der Waals surface area contributed by atoms with Crippen LogP contribution in [-0.2, 0) is 26.2 Å². The van der Waals surface area contributed by atoms with Gasteiger partial charge in [0, 0.05) is 25.6 Å². The zero-order valence-corrected chi connectivity index (χ0v) is 23.6. The number of nitrogens with one attached hydrogen (secondary N) is 1. The van der Waals surface area contributed by atoms with E-state index in [1.807, 2.05) is 57.2 Å². The number of amides is 2. The molecule has 0 radical (unpaired) electrons. The van der Waals surface area contributed by atoms with Crippen molar-refractivity contribution >= 4 is 27.5 Å². The second-order valence-electron chi connectivity index (χ2n) is 10.4. The number of carbonyl (C=O) groups excluding carboxylic acids is 2. The number of rotatable bonds is 11. The first-order valence-electron chi connectivity index (χ1n) is 13.2. The topological polar surface area (TPSA) is 86.8 Å². The molecule has 2 amide bonds. The lowest BCUT2D eigenvalue weighted by Gasteiger charge is -2.30. The molecular formula is C29H41N3O4S. The predicted octanol–water partition coefficient (Wildman–Crippen LogP) is 4.63. The van der Waals surface area contributed by atoms with Crippen molar-refractivity contribution in [1.29, 1.82) is 0 Å². The lowest BCUT2D eigenvalue weighted by Crippen LogP contribution is -2.49. The number of aryl methyl sites for hydroxylation is 3. The average Bonchev–Trinajstić information content (AvgIpc) is 3.34. The summed E-state index contributed by atoms with van der Waals surface area (Å²) in [5.41, 5.74) is 4.74. The molecule has 1 aliphatic carbocycles. The van der Waals surface area contributed by atoms with Crippen molar-refractivity contribution in [2.45, 2.75) is 84.8 Å². The normalized spacial score (nSPS) is 14.8. The van der Waals surface area contributed by atoms with Gasteiger partial charge in [0.15, 0.2) is 0 Å². The van der Waals surface area contributed by atoms with Crippen LogP contribution in [0.25, 0.3) is 0 Å². The molecule has 0 unspecified atom stereocenters. The summed E-state index contributed by atoms with van der Waals surface area (Å²) in [5.74, 6) is -0.301. The Morgan fingerprint density at radius 2 is 1.73 bits per heavy atom. The first-order valence-corrected chi connectivity index (χ1v) is 15.0. The smallest absolute Gasteiger partial charge is 0.242 e. The van der Waals surface area contributed by atoms with Crippen LogP contribution in [0, 0.1) is 20.8 Å². The molecule has 0 aliphatic heterocycles. The first kappa shape index (κ1) is 28.7. The Hall–Kier alpha value is -2.87. The third-order valence-electron chi connectivity index (χ3n) is 7.23. The van der Waals surface area contributed by atoms with Crippen LogP contribution < -0.4 is 9.62 Å². The molecule has 2 aromatic rings. The maximum Gasteiger partial charge on any atom is 0.242 e. The summed E-state index contributed by atoms with van der Waals surface area (Å²) in [6.45, 7) is 8.22. The highest BCUT2D eigenvalue weighted by Gasteiger charge is 2.28. The second-order valence-corrected chi connectivity index (χ2v) is 12.3. The summed E-state index contributed by atoms with van der Waals surface area (Å²) in [7, 11) is -3.52. The Morgan fingerprint density at radius 3 is 2.35 bits per heavy atom. The largest absolute Gasteiger partial charge is 0.352 e. The van der Waals surface area contributed by atoms with Gasteiger partial charge in [0.25, 0.3) is 0 Å². The minimum atomic E-state index is -3.52. The van der Waals surface area contributed by atoms with Crippen LogP contribution in [0.1, 0.15) is 67.7 Å². The van der Waals surface area contributed by atoms with E-state index in [2.05, 4.69) is 5.32 Å². The Labute approximate surface area is 222 Å². The fourth-order valence-electron chi connectivity index (χ4n) is 4.87. The van der Waals surface area contributed by atoms with E-state index in [9.17, 15) is 18.0 Å². The van der Waals surface area contributed by atoms with Gasteiger partial charge in [-0.25, -0.2) is 8.42 Å². The van der Waals surface area contributed by atoms with Gasteiger partial charge in [-0.2, -0.15) is 0 Å². The third kappa shape index (κ3) is 8.06. The first-order chi connectivity index (χ1) is 17.5. The van der Waals surface area contributed by atoms with Gasteiger partial charge in [-0.15, -0.1) is 0 Å². The number of hydrogen-bond donors (Lipinski definition) is 1. The molecule has 3 rings (SSSR count). The summed E-state index contributed by atoms with van der Waals surface area (Å²) in [6.07, 6.45) is 5.85. The Morgan fingerprint density at radius 1 is 1.03 bits per heavy atom. The molecule has 2 aromatic carbocycles. The van der Waals surface area contributed by atoms with Gasteiger partial charge in [-0.3, -0.25) is 13.9 Å². The lowest BCUT2D eigenvalue weighted by molar-refractivity contribution is -0.141. The van der Waals surface area contributed by atoms with Crippen LogP contribution in [0.2, 0.25) is 0 Å². The van der Waals surface area contributed by atoms with Crippen LogP contribution in [-0.4, -0.2) is 50.0 Å². The van der Waals surface area contributed by atoms with Crippen molar-refractivity contribution in [3.8, 4) is 0 Å². The number of carbonyl (C=O) groups is 2. The third-order valence-corrected chi connectivity index (χ3v) is 8.43. The number of sulfonamides is 1. The maximum absolute atomic E-state index is 13.5. The number of benzene rings is 2. The molecule has 0 heterocycles. The molecule has 8 heteroatoms. The van der Waals surface area contributed by atoms with Crippen molar-refractivity contribution in [3.63, 3.8) is 0 Å². The molecule has 1 aliphatic rings. The van der Waals surface area contributed by atoms with Gasteiger partial charge < -0.3 is 10.2 Å². The van der Waals surface area contributed by atoms with Crippen molar-refractivity contribution < 1.29 is 18.0 Å².